The van der Waals surface area contributed by atoms with Crippen LogP contribution in [0.3, 0.4) is 0 Å². The molecule has 1 aromatic heterocycles. The fraction of sp³-hybridized carbons (Fsp3) is 0.364. The molecule has 1 aliphatic rings. The summed E-state index contributed by atoms with van der Waals surface area (Å²) in [4.78, 5) is 9.25. The Labute approximate surface area is 169 Å². The predicted molar refractivity (Wildman–Crippen MR) is 108 cm³/mol. The lowest BCUT2D eigenvalue weighted by Crippen LogP contribution is -2.46. The number of methoxy groups -OCH3 is 1. The molecule has 29 heavy (non-hydrogen) atoms. The van der Waals surface area contributed by atoms with Gasteiger partial charge in [0.05, 0.1) is 13.2 Å². The average Bonchev–Trinajstić information content (AvgIpc) is 3.25. The minimum Gasteiger partial charge on any atom is -0.494 e. The topological polar surface area (TPSA) is 54.6 Å². The second-order valence-corrected chi connectivity index (χ2v) is 7.28. The van der Waals surface area contributed by atoms with Crippen LogP contribution in [0.2, 0.25) is 0 Å². The quantitative estimate of drug-likeness (QED) is 0.632. The van der Waals surface area contributed by atoms with E-state index in [0.717, 1.165) is 43.9 Å². The molecule has 0 bridgehead atoms. The molecule has 0 radical (unpaired) electrons. The SMILES string of the molecule is COc1ccc(CN2CCN(C(C)c3nc(-c4ccccc4)no3)CC2)cc1F. The molecule has 2 aromatic carbocycles. The lowest BCUT2D eigenvalue weighted by molar-refractivity contribution is 0.0845. The zero-order valence-electron chi connectivity index (χ0n) is 16.7. The van der Waals surface area contributed by atoms with Gasteiger partial charge in [-0.1, -0.05) is 41.6 Å². The molecule has 7 heteroatoms. The van der Waals surface area contributed by atoms with Crippen LogP contribution in [0.1, 0.15) is 24.4 Å². The van der Waals surface area contributed by atoms with E-state index in [-0.39, 0.29) is 17.6 Å². The monoisotopic (exact) mass is 396 g/mol. The molecule has 1 fully saturated rings. The maximum atomic E-state index is 13.9. The second-order valence-electron chi connectivity index (χ2n) is 7.28. The lowest BCUT2D eigenvalue weighted by atomic mass is 10.1. The molecular formula is C22H25FN4O2. The van der Waals surface area contributed by atoms with Crippen LogP contribution in [0.4, 0.5) is 4.39 Å². The highest BCUT2D eigenvalue weighted by molar-refractivity contribution is 5.53. The van der Waals surface area contributed by atoms with Crippen LogP contribution in [-0.4, -0.2) is 53.2 Å². The van der Waals surface area contributed by atoms with E-state index >= 15 is 0 Å². The molecule has 0 spiro atoms. The summed E-state index contributed by atoms with van der Waals surface area (Å²) >= 11 is 0. The first-order chi connectivity index (χ1) is 14.1. The van der Waals surface area contributed by atoms with Gasteiger partial charge >= 0.3 is 0 Å². The highest BCUT2D eigenvalue weighted by Gasteiger charge is 2.26. The van der Waals surface area contributed by atoms with Gasteiger partial charge in [-0.25, -0.2) is 4.39 Å². The Morgan fingerprint density at radius 1 is 1.10 bits per heavy atom. The number of rotatable bonds is 6. The number of benzene rings is 2. The molecule has 4 rings (SSSR count). The van der Waals surface area contributed by atoms with Crippen molar-refractivity contribution in [1.29, 1.82) is 0 Å². The summed E-state index contributed by atoms with van der Waals surface area (Å²) < 4.78 is 24.4. The van der Waals surface area contributed by atoms with E-state index in [1.54, 1.807) is 12.1 Å². The van der Waals surface area contributed by atoms with Gasteiger partial charge in [0.1, 0.15) is 0 Å². The number of ether oxygens (including phenoxy) is 1. The maximum Gasteiger partial charge on any atom is 0.244 e. The summed E-state index contributed by atoms with van der Waals surface area (Å²) in [5.41, 5.74) is 1.90. The Bertz CT molecular complexity index is 939. The highest BCUT2D eigenvalue weighted by Crippen LogP contribution is 2.24. The van der Waals surface area contributed by atoms with E-state index in [9.17, 15) is 4.39 Å². The van der Waals surface area contributed by atoms with Crippen LogP contribution in [-0.2, 0) is 6.54 Å². The van der Waals surface area contributed by atoms with Gasteiger partial charge in [-0.2, -0.15) is 4.98 Å². The molecular weight excluding hydrogens is 371 g/mol. The summed E-state index contributed by atoms with van der Waals surface area (Å²) in [5.74, 6) is 1.21. The number of hydrogen-bond acceptors (Lipinski definition) is 6. The van der Waals surface area contributed by atoms with Gasteiger partial charge in [0.15, 0.2) is 11.6 Å². The Morgan fingerprint density at radius 2 is 1.86 bits per heavy atom. The molecule has 0 saturated carbocycles. The predicted octanol–water partition coefficient (Wildman–Crippen LogP) is 3.76. The smallest absolute Gasteiger partial charge is 0.244 e. The molecule has 0 amide bonds. The van der Waals surface area contributed by atoms with Crippen molar-refractivity contribution in [2.45, 2.75) is 19.5 Å². The molecule has 1 atom stereocenters. The second kappa shape index (κ2) is 8.71. The number of piperazine rings is 1. The van der Waals surface area contributed by atoms with Gasteiger partial charge in [-0.15, -0.1) is 0 Å². The van der Waals surface area contributed by atoms with E-state index in [0.29, 0.717) is 11.7 Å². The van der Waals surface area contributed by atoms with Crippen LogP contribution >= 0.6 is 0 Å². The first-order valence-electron chi connectivity index (χ1n) is 9.82. The number of hydrogen-bond donors (Lipinski definition) is 0. The van der Waals surface area contributed by atoms with Crippen molar-refractivity contribution in [2.24, 2.45) is 0 Å². The third-order valence-corrected chi connectivity index (χ3v) is 5.41. The van der Waals surface area contributed by atoms with Crippen molar-refractivity contribution in [2.75, 3.05) is 33.3 Å². The molecule has 152 valence electrons. The van der Waals surface area contributed by atoms with Gasteiger partial charge in [-0.3, -0.25) is 9.80 Å². The Kier molecular flexibility index (Phi) is 5.87. The minimum absolute atomic E-state index is 0.0561. The lowest BCUT2D eigenvalue weighted by Gasteiger charge is -2.36. The third-order valence-electron chi connectivity index (χ3n) is 5.41. The standard InChI is InChI=1S/C22H25FN4O2/c1-16(22-24-21(25-29-22)18-6-4-3-5-7-18)27-12-10-26(11-13-27)15-17-8-9-20(28-2)19(23)14-17/h3-9,14,16H,10-13,15H2,1-2H3. The van der Waals surface area contributed by atoms with Crippen LogP contribution in [0.15, 0.2) is 53.1 Å². The number of aromatic nitrogens is 2. The van der Waals surface area contributed by atoms with Gasteiger partial charge in [0.25, 0.3) is 0 Å². The number of nitrogens with zero attached hydrogens (tertiary/aromatic N) is 4. The molecule has 1 aliphatic heterocycles. The van der Waals surface area contributed by atoms with Crippen molar-refractivity contribution < 1.29 is 13.7 Å². The van der Waals surface area contributed by atoms with Crippen LogP contribution < -0.4 is 4.74 Å². The van der Waals surface area contributed by atoms with E-state index in [4.69, 9.17) is 9.26 Å². The van der Waals surface area contributed by atoms with E-state index in [2.05, 4.69) is 26.9 Å². The van der Waals surface area contributed by atoms with Crippen LogP contribution in [0.25, 0.3) is 11.4 Å². The van der Waals surface area contributed by atoms with Gasteiger partial charge in [0.2, 0.25) is 11.7 Å². The Morgan fingerprint density at radius 3 is 2.55 bits per heavy atom. The average molecular weight is 396 g/mol. The third kappa shape index (κ3) is 4.46. The Hall–Kier alpha value is -2.77. The first-order valence-corrected chi connectivity index (χ1v) is 9.82. The fourth-order valence-corrected chi connectivity index (χ4v) is 3.64. The largest absolute Gasteiger partial charge is 0.494 e. The van der Waals surface area contributed by atoms with Crippen molar-refractivity contribution in [1.82, 2.24) is 19.9 Å². The van der Waals surface area contributed by atoms with Gasteiger partial charge < -0.3 is 9.26 Å². The molecule has 1 saturated heterocycles. The van der Waals surface area contributed by atoms with Crippen molar-refractivity contribution >= 4 is 0 Å². The van der Waals surface area contributed by atoms with Gasteiger partial charge in [-0.05, 0) is 24.6 Å². The zero-order valence-corrected chi connectivity index (χ0v) is 16.7. The normalized spacial score (nSPS) is 16.7. The Balaban J connectivity index is 1.33. The van der Waals surface area contributed by atoms with Crippen LogP contribution in [0.5, 0.6) is 5.75 Å². The number of halogens is 1. The molecule has 6 nitrogen and oxygen atoms in total. The molecule has 0 aliphatic carbocycles. The van der Waals surface area contributed by atoms with E-state index in [1.165, 1.54) is 7.11 Å². The first kappa shape index (κ1) is 19.5. The molecule has 1 unspecified atom stereocenters. The highest BCUT2D eigenvalue weighted by atomic mass is 19.1. The molecule has 2 heterocycles. The van der Waals surface area contributed by atoms with E-state index in [1.807, 2.05) is 36.4 Å². The van der Waals surface area contributed by atoms with E-state index < -0.39 is 0 Å². The fourth-order valence-electron chi connectivity index (χ4n) is 3.64. The maximum absolute atomic E-state index is 13.9. The summed E-state index contributed by atoms with van der Waals surface area (Å²) in [5, 5.41) is 4.13. The van der Waals surface area contributed by atoms with Crippen LogP contribution in [0, 0.1) is 5.82 Å². The zero-order chi connectivity index (χ0) is 20.2. The van der Waals surface area contributed by atoms with Crippen molar-refractivity contribution in [3.8, 4) is 17.1 Å². The minimum atomic E-state index is -0.317. The molecule has 3 aromatic rings. The summed E-state index contributed by atoms with van der Waals surface area (Å²) in [6.45, 7) is 6.40. The summed E-state index contributed by atoms with van der Waals surface area (Å²) in [6, 6.07) is 15.0. The summed E-state index contributed by atoms with van der Waals surface area (Å²) in [6.07, 6.45) is 0. The van der Waals surface area contributed by atoms with Crippen molar-refractivity contribution in [3.63, 3.8) is 0 Å². The van der Waals surface area contributed by atoms with Crippen molar-refractivity contribution in [3.05, 3.63) is 65.8 Å². The molecule has 0 N–H and O–H groups in total. The van der Waals surface area contributed by atoms with Gasteiger partial charge in [0, 0.05) is 38.3 Å². The summed E-state index contributed by atoms with van der Waals surface area (Å²) in [7, 11) is 1.48.